The van der Waals surface area contributed by atoms with Gasteiger partial charge in [-0.25, -0.2) is 4.57 Å². The van der Waals surface area contributed by atoms with E-state index in [0.29, 0.717) is 11.4 Å². The van der Waals surface area contributed by atoms with Gasteiger partial charge in [0.25, 0.3) is 5.82 Å². The third-order valence-electron chi connectivity index (χ3n) is 4.15. The summed E-state index contributed by atoms with van der Waals surface area (Å²) in [7, 11) is 0. The number of amides is 1. The molecule has 0 radical (unpaired) electrons. The Balaban J connectivity index is 1.97. The van der Waals surface area contributed by atoms with Gasteiger partial charge in [0.2, 0.25) is 5.91 Å². The van der Waals surface area contributed by atoms with Crippen LogP contribution in [0.3, 0.4) is 0 Å². The van der Waals surface area contributed by atoms with E-state index in [4.69, 9.17) is 10.7 Å². The predicted molar refractivity (Wildman–Crippen MR) is 99.5 cm³/mol. The molecular weight excluding hydrogens is 324 g/mol. The highest BCUT2D eigenvalue weighted by atomic mass is 16.1. The van der Waals surface area contributed by atoms with E-state index in [2.05, 4.69) is 4.98 Å². The quantitative estimate of drug-likeness (QED) is 0.560. The lowest BCUT2D eigenvalue weighted by Crippen LogP contribution is -2.30. The molecule has 0 saturated heterocycles. The predicted octanol–water partition coefficient (Wildman–Crippen LogP) is 3.12. The molecule has 3 N–H and O–H groups in total. The van der Waals surface area contributed by atoms with Crippen LogP contribution in [-0.2, 0) is 0 Å². The number of imidazole rings is 1. The first kappa shape index (κ1) is 15.8. The van der Waals surface area contributed by atoms with Crippen LogP contribution < -0.4 is 10.3 Å². The monoisotopic (exact) mass is 341 g/mol. The van der Waals surface area contributed by atoms with E-state index in [0.717, 1.165) is 22.6 Å². The summed E-state index contributed by atoms with van der Waals surface area (Å²) in [5.74, 6) is 0.963. The van der Waals surface area contributed by atoms with Crippen LogP contribution in [0.25, 0.3) is 28.5 Å². The summed E-state index contributed by atoms with van der Waals surface area (Å²) in [6.07, 6.45) is 3.84. The number of aromatic amines is 1. The minimum atomic E-state index is -0.472. The van der Waals surface area contributed by atoms with Crippen LogP contribution in [0, 0.1) is 0 Å². The Kier molecular flexibility index (Phi) is 4.03. The average molecular weight is 341 g/mol. The Hall–Kier alpha value is -3.73. The Labute approximate surface area is 150 Å². The second kappa shape index (κ2) is 6.64. The van der Waals surface area contributed by atoms with Gasteiger partial charge in [-0.3, -0.25) is 4.79 Å². The molecule has 2 heterocycles. The summed E-state index contributed by atoms with van der Waals surface area (Å²) in [5, 5.41) is 0. The number of primary amides is 1. The summed E-state index contributed by atoms with van der Waals surface area (Å²) < 4.78 is 1.91. The van der Waals surface area contributed by atoms with Gasteiger partial charge in [-0.15, -0.1) is 0 Å². The van der Waals surface area contributed by atoms with Gasteiger partial charge in [-0.2, -0.15) is 0 Å². The van der Waals surface area contributed by atoms with Crippen molar-refractivity contribution in [1.29, 1.82) is 0 Å². The number of nitrogens with zero attached hydrogens (tertiary/aromatic N) is 2. The van der Waals surface area contributed by atoms with Crippen molar-refractivity contribution in [1.82, 2.24) is 9.97 Å². The Morgan fingerprint density at radius 3 is 2.27 bits per heavy atom. The number of nitrogens with one attached hydrogen (secondary N) is 1. The summed E-state index contributed by atoms with van der Waals surface area (Å²) >= 11 is 0. The third kappa shape index (κ3) is 2.86. The SMILES string of the molecule is NC(=O)c1ccccc1-c1[nH]c(-c2ccccc2)nc1-[n+]1ccccc1. The van der Waals surface area contributed by atoms with Crippen LogP contribution in [0.1, 0.15) is 10.4 Å². The summed E-state index contributed by atoms with van der Waals surface area (Å²) in [5.41, 5.74) is 8.46. The van der Waals surface area contributed by atoms with Crippen LogP contribution in [0.2, 0.25) is 0 Å². The van der Waals surface area contributed by atoms with Gasteiger partial charge in [0.15, 0.2) is 0 Å². The van der Waals surface area contributed by atoms with E-state index >= 15 is 0 Å². The number of carbonyl (C=O) groups is 1. The number of rotatable bonds is 4. The molecule has 4 rings (SSSR count). The van der Waals surface area contributed by atoms with Crippen LogP contribution in [0.5, 0.6) is 0 Å². The zero-order valence-corrected chi connectivity index (χ0v) is 14.0. The molecule has 0 bridgehead atoms. The fraction of sp³-hybridized carbons (Fsp3) is 0. The first-order valence-corrected chi connectivity index (χ1v) is 8.25. The molecule has 2 aromatic carbocycles. The Bertz CT molecular complexity index is 1060. The molecule has 0 spiro atoms. The molecule has 126 valence electrons. The number of hydrogen-bond donors (Lipinski definition) is 2. The van der Waals surface area contributed by atoms with Crippen molar-refractivity contribution in [3.63, 3.8) is 0 Å². The fourth-order valence-corrected chi connectivity index (χ4v) is 2.93. The van der Waals surface area contributed by atoms with Crippen LogP contribution >= 0.6 is 0 Å². The van der Waals surface area contributed by atoms with Gasteiger partial charge in [0.1, 0.15) is 5.69 Å². The standard InChI is InChI=1S/C21H16N4O/c22-19(26)17-12-6-5-11-16(17)18-21(25-13-7-2-8-14-25)24-20(23-18)15-9-3-1-4-10-15/h1-14H,(H2-,22,23,24,26)/p+1. The number of benzene rings is 2. The van der Waals surface area contributed by atoms with Crippen molar-refractivity contribution < 1.29 is 9.36 Å². The lowest BCUT2D eigenvalue weighted by atomic mass is 10.0. The minimum Gasteiger partial charge on any atom is -0.366 e. The molecule has 0 aliphatic carbocycles. The highest BCUT2D eigenvalue weighted by Gasteiger charge is 2.25. The minimum absolute atomic E-state index is 0.452. The molecule has 2 aromatic heterocycles. The van der Waals surface area contributed by atoms with E-state index in [1.54, 1.807) is 12.1 Å². The summed E-state index contributed by atoms with van der Waals surface area (Å²) in [6, 6.07) is 22.9. The van der Waals surface area contributed by atoms with Gasteiger partial charge in [-0.05, 0) is 35.3 Å². The summed E-state index contributed by atoms with van der Waals surface area (Å²) in [4.78, 5) is 20.1. The number of carbonyl (C=O) groups excluding carboxylic acids is 1. The van der Waals surface area contributed by atoms with E-state index in [-0.39, 0.29) is 0 Å². The molecule has 1 amide bonds. The number of H-pyrrole nitrogens is 1. The number of aromatic nitrogens is 3. The van der Waals surface area contributed by atoms with Gasteiger partial charge >= 0.3 is 5.82 Å². The molecule has 5 heteroatoms. The first-order valence-electron chi connectivity index (χ1n) is 8.25. The van der Waals surface area contributed by atoms with Gasteiger partial charge in [0.05, 0.1) is 12.4 Å². The van der Waals surface area contributed by atoms with Gasteiger partial charge in [0, 0.05) is 16.7 Å². The summed E-state index contributed by atoms with van der Waals surface area (Å²) in [6.45, 7) is 0. The Morgan fingerprint density at radius 1 is 0.885 bits per heavy atom. The van der Waals surface area contributed by atoms with Crippen molar-refractivity contribution in [3.05, 3.63) is 90.8 Å². The lowest BCUT2D eigenvalue weighted by Gasteiger charge is -2.04. The average Bonchev–Trinajstić information content (AvgIpc) is 3.14. The zero-order valence-electron chi connectivity index (χ0n) is 14.0. The van der Waals surface area contributed by atoms with E-state index in [9.17, 15) is 4.79 Å². The highest BCUT2D eigenvalue weighted by Crippen LogP contribution is 2.28. The molecule has 0 unspecified atom stereocenters. The lowest BCUT2D eigenvalue weighted by molar-refractivity contribution is -0.598. The van der Waals surface area contributed by atoms with E-state index < -0.39 is 5.91 Å². The van der Waals surface area contributed by atoms with Crippen LogP contribution in [0.4, 0.5) is 0 Å². The number of hydrogen-bond acceptors (Lipinski definition) is 2. The molecule has 26 heavy (non-hydrogen) atoms. The molecule has 0 aliphatic rings. The first-order chi connectivity index (χ1) is 12.7. The van der Waals surface area contributed by atoms with Crippen molar-refractivity contribution in [2.45, 2.75) is 0 Å². The zero-order chi connectivity index (χ0) is 17.9. The van der Waals surface area contributed by atoms with Crippen molar-refractivity contribution in [2.24, 2.45) is 5.73 Å². The second-order valence-electron chi connectivity index (χ2n) is 5.84. The van der Waals surface area contributed by atoms with Crippen LogP contribution in [0.15, 0.2) is 85.2 Å². The number of nitrogens with two attached hydrogens (primary N) is 1. The molecule has 0 aliphatic heterocycles. The van der Waals surface area contributed by atoms with Gasteiger partial charge in [-0.1, -0.05) is 42.5 Å². The van der Waals surface area contributed by atoms with Crippen LogP contribution in [-0.4, -0.2) is 15.9 Å². The largest absolute Gasteiger partial charge is 0.366 e. The maximum absolute atomic E-state index is 11.9. The molecule has 0 fully saturated rings. The molecule has 0 atom stereocenters. The normalized spacial score (nSPS) is 10.6. The maximum Gasteiger partial charge on any atom is 0.354 e. The van der Waals surface area contributed by atoms with Crippen molar-refractivity contribution in [2.75, 3.05) is 0 Å². The third-order valence-corrected chi connectivity index (χ3v) is 4.15. The van der Waals surface area contributed by atoms with Crippen molar-refractivity contribution in [3.8, 4) is 28.5 Å². The maximum atomic E-state index is 11.9. The molecule has 0 saturated carbocycles. The smallest absolute Gasteiger partial charge is 0.354 e. The molecule has 4 aromatic rings. The van der Waals surface area contributed by atoms with E-state index in [1.807, 2.05) is 77.6 Å². The fourth-order valence-electron chi connectivity index (χ4n) is 2.93. The van der Waals surface area contributed by atoms with Gasteiger partial charge < -0.3 is 10.7 Å². The molecular formula is C21H17N4O+. The number of pyridine rings is 1. The topological polar surface area (TPSA) is 75.7 Å². The Morgan fingerprint density at radius 2 is 1.54 bits per heavy atom. The van der Waals surface area contributed by atoms with E-state index in [1.165, 1.54) is 0 Å². The highest BCUT2D eigenvalue weighted by molar-refractivity contribution is 6.00. The van der Waals surface area contributed by atoms with Crippen molar-refractivity contribution >= 4 is 5.91 Å². The second-order valence-corrected chi connectivity index (χ2v) is 5.84. The molecule has 5 nitrogen and oxygen atoms in total.